The fraction of sp³-hybridized carbons (Fsp3) is 0.500. The van der Waals surface area contributed by atoms with E-state index >= 15 is 0 Å². The minimum atomic E-state index is -4.27. The molecule has 0 saturated carbocycles. The lowest BCUT2D eigenvalue weighted by atomic mass is 10.2. The Labute approximate surface area is 145 Å². The van der Waals surface area contributed by atoms with Gasteiger partial charge < -0.3 is 4.55 Å². The summed E-state index contributed by atoms with van der Waals surface area (Å²) in [6.45, 7) is 8.61. The topological polar surface area (TPSA) is 66.0 Å². The summed E-state index contributed by atoms with van der Waals surface area (Å²) in [7, 11) is -4.27. The molecule has 0 N–H and O–H groups in total. The van der Waals surface area contributed by atoms with Crippen LogP contribution in [0.25, 0.3) is 0 Å². The van der Waals surface area contributed by atoms with E-state index < -0.39 is 10.1 Å². The molecule has 1 aromatic carbocycles. The molecule has 6 heteroatoms. The molecule has 0 saturated heterocycles. The van der Waals surface area contributed by atoms with Crippen LogP contribution in [0.15, 0.2) is 47.9 Å². The summed E-state index contributed by atoms with van der Waals surface area (Å²) in [5, 5.41) is 0. The van der Waals surface area contributed by atoms with E-state index in [0.717, 1.165) is 18.7 Å². The molecule has 134 valence electrons. The van der Waals surface area contributed by atoms with Gasteiger partial charge in [-0.1, -0.05) is 44.4 Å². The monoisotopic (exact) mass is 352 g/mol. The fourth-order valence-corrected chi connectivity index (χ4v) is 2.56. The molecule has 0 amide bonds. The van der Waals surface area contributed by atoms with Crippen molar-refractivity contribution in [1.29, 1.82) is 0 Å². The van der Waals surface area contributed by atoms with Crippen LogP contribution in [0.2, 0.25) is 0 Å². The van der Waals surface area contributed by atoms with Gasteiger partial charge in [0.15, 0.2) is 0 Å². The van der Waals surface area contributed by atoms with Gasteiger partial charge in [0.2, 0.25) is 6.33 Å². The summed E-state index contributed by atoms with van der Waals surface area (Å²) in [6.07, 6.45) is 11.7. The van der Waals surface area contributed by atoms with Crippen molar-refractivity contribution in [2.24, 2.45) is 0 Å². The highest BCUT2D eigenvalue weighted by Crippen LogP contribution is 2.08. The normalized spacial score (nSPS) is 11.0. The van der Waals surface area contributed by atoms with E-state index in [0.29, 0.717) is 0 Å². The van der Waals surface area contributed by atoms with Crippen LogP contribution >= 0.6 is 0 Å². The molecule has 2 rings (SSSR count). The molecule has 0 spiro atoms. The third-order valence-corrected chi connectivity index (χ3v) is 4.45. The lowest BCUT2D eigenvalue weighted by Crippen LogP contribution is -2.30. The second-order valence-electron chi connectivity index (χ2n) is 5.86. The highest BCUT2D eigenvalue weighted by Gasteiger charge is 2.01. The summed E-state index contributed by atoms with van der Waals surface area (Å²) in [5.74, 6) is 0. The summed E-state index contributed by atoms with van der Waals surface area (Å²) >= 11 is 0. The molecule has 0 aliphatic carbocycles. The van der Waals surface area contributed by atoms with E-state index in [1.54, 1.807) is 12.1 Å². The predicted molar refractivity (Wildman–Crippen MR) is 93.6 cm³/mol. The molecule has 0 bridgehead atoms. The predicted octanol–water partition coefficient (Wildman–Crippen LogP) is 3.27. The summed E-state index contributed by atoms with van der Waals surface area (Å²) in [4.78, 5) is -0.178. The zero-order valence-corrected chi connectivity index (χ0v) is 15.6. The number of nitrogens with zero attached hydrogens (tertiary/aromatic N) is 2. The van der Waals surface area contributed by atoms with Gasteiger partial charge in [0.25, 0.3) is 0 Å². The third-order valence-electron chi connectivity index (χ3n) is 3.60. The number of aryl methyl sites for hydroxylation is 3. The first-order chi connectivity index (χ1) is 11.4. The van der Waals surface area contributed by atoms with E-state index in [9.17, 15) is 13.0 Å². The molecule has 0 fully saturated rings. The number of rotatable bonds is 7. The van der Waals surface area contributed by atoms with Gasteiger partial charge in [-0.3, -0.25) is 0 Å². The molecular formula is C18H28N2O3S. The first-order valence-electron chi connectivity index (χ1n) is 8.44. The largest absolute Gasteiger partial charge is 0.744 e. The number of imidazole rings is 1. The average Bonchev–Trinajstić information content (AvgIpc) is 2.99. The van der Waals surface area contributed by atoms with E-state index in [1.165, 1.54) is 37.8 Å². The van der Waals surface area contributed by atoms with Gasteiger partial charge in [-0.25, -0.2) is 17.6 Å². The van der Waals surface area contributed by atoms with Crippen molar-refractivity contribution in [2.75, 3.05) is 0 Å². The Morgan fingerprint density at radius 3 is 2.25 bits per heavy atom. The maximum absolute atomic E-state index is 10.4. The van der Waals surface area contributed by atoms with Crippen LogP contribution in [0.5, 0.6) is 0 Å². The van der Waals surface area contributed by atoms with Crippen molar-refractivity contribution >= 4 is 10.1 Å². The molecule has 0 radical (unpaired) electrons. The quantitative estimate of drug-likeness (QED) is 0.567. The molecular weight excluding hydrogens is 324 g/mol. The van der Waals surface area contributed by atoms with E-state index in [2.05, 4.69) is 41.7 Å². The first kappa shape index (κ1) is 20.4. The Morgan fingerprint density at radius 2 is 1.71 bits per heavy atom. The van der Waals surface area contributed by atoms with Gasteiger partial charge in [0, 0.05) is 0 Å². The summed E-state index contributed by atoms with van der Waals surface area (Å²) in [6, 6.07) is 5.78. The van der Waals surface area contributed by atoms with E-state index in [4.69, 9.17) is 0 Å². The Kier molecular flexibility index (Phi) is 8.71. The van der Waals surface area contributed by atoms with Crippen LogP contribution < -0.4 is 4.57 Å². The molecule has 5 nitrogen and oxygen atoms in total. The maximum atomic E-state index is 10.4. The Hall–Kier alpha value is -1.66. The van der Waals surface area contributed by atoms with Crippen LogP contribution in [0.3, 0.4) is 0 Å². The zero-order chi connectivity index (χ0) is 18.0. The Balaban J connectivity index is 0.000000243. The smallest absolute Gasteiger partial charge is 0.243 e. The number of aromatic nitrogens is 2. The van der Waals surface area contributed by atoms with Crippen molar-refractivity contribution < 1.29 is 17.5 Å². The summed E-state index contributed by atoms with van der Waals surface area (Å²) < 4.78 is 35.7. The number of hydrogen-bond donors (Lipinski definition) is 0. The van der Waals surface area contributed by atoms with Gasteiger partial charge >= 0.3 is 0 Å². The van der Waals surface area contributed by atoms with Crippen molar-refractivity contribution in [1.82, 2.24) is 4.57 Å². The molecule has 0 unspecified atom stereocenters. The zero-order valence-electron chi connectivity index (χ0n) is 14.8. The third kappa shape index (κ3) is 7.75. The maximum Gasteiger partial charge on any atom is 0.243 e. The standard InChI is InChI=1S/C11H21N2.C7H8O3S/c1-3-5-7-12-9-10-13(11-12)8-6-4-2;1-6-2-4-7(5-3-6)11(8,9)10/h9-11H,3-8H2,1-2H3;2-5H,1H3,(H,8,9,10)/q+1;/p-1. The average molecular weight is 353 g/mol. The minimum Gasteiger partial charge on any atom is -0.744 e. The van der Waals surface area contributed by atoms with Gasteiger partial charge in [-0.2, -0.15) is 0 Å². The van der Waals surface area contributed by atoms with Gasteiger partial charge in [-0.05, 0) is 31.9 Å². The molecule has 24 heavy (non-hydrogen) atoms. The number of hydrogen-bond acceptors (Lipinski definition) is 3. The molecule has 1 aromatic heterocycles. The van der Waals surface area contributed by atoms with E-state index in [-0.39, 0.29) is 4.90 Å². The van der Waals surface area contributed by atoms with Crippen molar-refractivity contribution in [3.8, 4) is 0 Å². The second-order valence-corrected chi connectivity index (χ2v) is 7.24. The lowest BCUT2D eigenvalue weighted by molar-refractivity contribution is -0.696. The van der Waals surface area contributed by atoms with Crippen molar-refractivity contribution in [3.05, 3.63) is 48.5 Å². The molecule has 0 aliphatic heterocycles. The first-order valence-corrected chi connectivity index (χ1v) is 9.85. The minimum absolute atomic E-state index is 0.178. The van der Waals surface area contributed by atoms with Gasteiger partial charge in [-0.15, -0.1) is 0 Å². The Bertz CT molecular complexity index is 669. The number of benzene rings is 1. The van der Waals surface area contributed by atoms with Crippen LogP contribution in [0, 0.1) is 6.92 Å². The molecule has 0 atom stereocenters. The van der Waals surface area contributed by atoms with Crippen molar-refractivity contribution in [3.63, 3.8) is 0 Å². The molecule has 2 aromatic rings. The highest BCUT2D eigenvalue weighted by atomic mass is 32.2. The second kappa shape index (κ2) is 10.3. The van der Waals surface area contributed by atoms with Crippen LogP contribution in [-0.2, 0) is 23.2 Å². The number of unbranched alkanes of at least 4 members (excludes halogenated alkanes) is 2. The fourth-order valence-electron chi connectivity index (χ4n) is 2.09. The Morgan fingerprint density at radius 1 is 1.08 bits per heavy atom. The van der Waals surface area contributed by atoms with Crippen LogP contribution in [0.1, 0.15) is 45.1 Å². The molecule has 1 heterocycles. The highest BCUT2D eigenvalue weighted by molar-refractivity contribution is 7.85. The van der Waals surface area contributed by atoms with Gasteiger partial charge in [0.05, 0.1) is 18.0 Å². The molecule has 0 aliphatic rings. The van der Waals surface area contributed by atoms with Crippen molar-refractivity contribution in [2.45, 2.75) is 64.4 Å². The van der Waals surface area contributed by atoms with E-state index in [1.807, 2.05) is 6.92 Å². The summed E-state index contributed by atoms with van der Waals surface area (Å²) in [5.41, 5.74) is 0.928. The van der Waals surface area contributed by atoms with Crippen LogP contribution in [0.4, 0.5) is 0 Å². The van der Waals surface area contributed by atoms with Gasteiger partial charge in [0.1, 0.15) is 22.5 Å². The van der Waals surface area contributed by atoms with Crippen LogP contribution in [-0.4, -0.2) is 17.5 Å². The lowest BCUT2D eigenvalue weighted by Gasteiger charge is -2.05. The SMILES string of the molecule is CCCCn1cc[n+](CCCC)c1.Cc1ccc(S(=O)(=O)[O-])cc1.